The monoisotopic (exact) mass is 387 g/mol. The van der Waals surface area contributed by atoms with Gasteiger partial charge in [-0.05, 0) is 34.7 Å². The van der Waals surface area contributed by atoms with Crippen LogP contribution >= 0.6 is 34.2 Å². The summed E-state index contributed by atoms with van der Waals surface area (Å²) in [5, 5.41) is 20.4. The second-order valence-electron chi connectivity index (χ2n) is 3.23. The molecule has 0 aliphatic carbocycles. The number of allylic oxidation sites excluding steroid dienone is 1. The van der Waals surface area contributed by atoms with Crippen molar-refractivity contribution in [1.29, 1.82) is 10.5 Å². The van der Waals surface area contributed by atoms with Crippen LogP contribution in [0.25, 0.3) is 0 Å². The third-order valence-electron chi connectivity index (χ3n) is 2.06. The normalized spacial score (nSPS) is 8.89. The van der Waals surface area contributed by atoms with E-state index >= 15 is 0 Å². The highest BCUT2D eigenvalue weighted by Gasteiger charge is 2.15. The van der Waals surface area contributed by atoms with Crippen molar-refractivity contribution >= 4 is 45.8 Å². The van der Waals surface area contributed by atoms with Crippen LogP contribution in [-0.2, 0) is 4.74 Å². The molecule has 7 heteroatoms. The second kappa shape index (κ2) is 6.98. The van der Waals surface area contributed by atoms with E-state index in [2.05, 4.69) is 10.1 Å². The van der Waals surface area contributed by atoms with Crippen LogP contribution in [0.5, 0.6) is 0 Å². The van der Waals surface area contributed by atoms with Gasteiger partial charge in [0.2, 0.25) is 0 Å². The molecule has 0 atom stereocenters. The number of nitrogens with zero attached hydrogens (tertiary/aromatic N) is 2. The summed E-state index contributed by atoms with van der Waals surface area (Å²) in [6, 6.07) is 6.51. The highest BCUT2D eigenvalue weighted by atomic mass is 127. The molecule has 0 aliphatic heterocycles. The first kappa shape index (κ1) is 15.3. The van der Waals surface area contributed by atoms with Gasteiger partial charge in [-0.1, -0.05) is 11.6 Å². The fourth-order valence-corrected chi connectivity index (χ4v) is 2.41. The molecule has 1 rings (SSSR count). The molecule has 1 N–H and O–H groups in total. The number of esters is 1. The molecule has 0 saturated heterocycles. The van der Waals surface area contributed by atoms with Crippen molar-refractivity contribution in [3.63, 3.8) is 0 Å². The van der Waals surface area contributed by atoms with E-state index < -0.39 is 5.97 Å². The topological polar surface area (TPSA) is 85.9 Å². The van der Waals surface area contributed by atoms with Gasteiger partial charge in [-0.25, -0.2) is 4.79 Å². The molecule has 1 aromatic carbocycles. The SMILES string of the molecule is COC(=O)c1cc(Cl)cc(I)c1NC=C(C#N)C#N. The summed E-state index contributed by atoms with van der Waals surface area (Å²) < 4.78 is 5.32. The molecular weight excluding hydrogens is 381 g/mol. The number of carbonyl (C=O) groups is 1. The van der Waals surface area contributed by atoms with Crippen molar-refractivity contribution in [2.24, 2.45) is 0 Å². The molecular formula is C12H7ClIN3O2. The Morgan fingerprint density at radius 3 is 2.63 bits per heavy atom. The van der Waals surface area contributed by atoms with Gasteiger partial charge in [-0.3, -0.25) is 0 Å². The lowest BCUT2D eigenvalue weighted by Crippen LogP contribution is -2.07. The van der Waals surface area contributed by atoms with Crippen molar-refractivity contribution in [3.05, 3.63) is 38.1 Å². The summed E-state index contributed by atoms with van der Waals surface area (Å²) in [5.41, 5.74) is 0.548. The minimum atomic E-state index is -0.563. The molecule has 19 heavy (non-hydrogen) atoms. The fraction of sp³-hybridized carbons (Fsp3) is 0.0833. The van der Waals surface area contributed by atoms with Crippen molar-refractivity contribution < 1.29 is 9.53 Å². The molecule has 0 spiro atoms. The Labute approximate surface area is 128 Å². The molecule has 0 heterocycles. The minimum Gasteiger partial charge on any atom is -0.465 e. The standard InChI is InChI=1S/C12H7ClIN3O2/c1-19-12(18)9-2-8(13)3-10(14)11(9)17-6-7(4-15)5-16/h2-3,6,17H,1H3. The molecule has 0 amide bonds. The second-order valence-corrected chi connectivity index (χ2v) is 4.83. The minimum absolute atomic E-state index is 0.110. The maximum atomic E-state index is 11.6. The summed E-state index contributed by atoms with van der Waals surface area (Å²) in [7, 11) is 1.26. The van der Waals surface area contributed by atoms with E-state index in [-0.39, 0.29) is 11.1 Å². The van der Waals surface area contributed by atoms with Crippen molar-refractivity contribution in [2.45, 2.75) is 0 Å². The predicted octanol–water partition coefficient (Wildman–Crippen LogP) is 3.07. The first-order chi connectivity index (χ1) is 9.03. The Balaban J connectivity index is 3.28. The maximum Gasteiger partial charge on any atom is 0.340 e. The maximum absolute atomic E-state index is 11.6. The van der Waals surface area contributed by atoms with Crippen LogP contribution in [0.15, 0.2) is 23.9 Å². The number of nitriles is 2. The molecule has 0 fully saturated rings. The fourth-order valence-electron chi connectivity index (χ4n) is 1.23. The van der Waals surface area contributed by atoms with Crippen LogP contribution in [0, 0.1) is 26.2 Å². The molecule has 96 valence electrons. The Hall–Kier alpha value is -1.77. The van der Waals surface area contributed by atoms with E-state index in [1.807, 2.05) is 22.6 Å². The summed E-state index contributed by atoms with van der Waals surface area (Å²) in [5.74, 6) is -0.563. The molecule has 0 bridgehead atoms. The first-order valence-electron chi connectivity index (χ1n) is 4.87. The highest BCUT2D eigenvalue weighted by molar-refractivity contribution is 14.1. The average Bonchev–Trinajstić information content (AvgIpc) is 2.40. The van der Waals surface area contributed by atoms with Crippen molar-refractivity contribution in [2.75, 3.05) is 12.4 Å². The summed E-state index contributed by atoms with van der Waals surface area (Å²) in [6.07, 6.45) is 1.22. The third-order valence-corrected chi connectivity index (χ3v) is 3.13. The van der Waals surface area contributed by atoms with E-state index in [1.54, 1.807) is 18.2 Å². The third kappa shape index (κ3) is 3.85. The Bertz CT molecular complexity index is 613. The van der Waals surface area contributed by atoms with Gasteiger partial charge < -0.3 is 10.1 Å². The van der Waals surface area contributed by atoms with E-state index in [0.717, 1.165) is 0 Å². The Morgan fingerprint density at radius 1 is 1.47 bits per heavy atom. The lowest BCUT2D eigenvalue weighted by molar-refractivity contribution is 0.0602. The first-order valence-corrected chi connectivity index (χ1v) is 6.33. The average molecular weight is 388 g/mol. The van der Waals surface area contributed by atoms with Gasteiger partial charge >= 0.3 is 5.97 Å². The summed E-state index contributed by atoms with van der Waals surface area (Å²) >= 11 is 7.86. The summed E-state index contributed by atoms with van der Waals surface area (Å²) in [4.78, 5) is 11.6. The van der Waals surface area contributed by atoms with E-state index in [0.29, 0.717) is 14.3 Å². The van der Waals surface area contributed by atoms with Crippen LogP contribution in [0.4, 0.5) is 5.69 Å². The van der Waals surface area contributed by atoms with Crippen molar-refractivity contribution in [1.82, 2.24) is 0 Å². The van der Waals surface area contributed by atoms with Gasteiger partial charge in [0.15, 0.2) is 0 Å². The number of methoxy groups -OCH3 is 1. The summed E-state index contributed by atoms with van der Waals surface area (Å²) in [6.45, 7) is 0. The smallest absolute Gasteiger partial charge is 0.340 e. The molecule has 0 aromatic heterocycles. The van der Waals surface area contributed by atoms with Crippen LogP contribution in [0.2, 0.25) is 5.02 Å². The van der Waals surface area contributed by atoms with E-state index in [9.17, 15) is 4.79 Å². The number of rotatable bonds is 3. The van der Waals surface area contributed by atoms with Crippen LogP contribution in [-0.4, -0.2) is 13.1 Å². The van der Waals surface area contributed by atoms with Gasteiger partial charge in [0.05, 0.1) is 18.4 Å². The van der Waals surface area contributed by atoms with E-state index in [1.165, 1.54) is 19.4 Å². The molecule has 5 nitrogen and oxygen atoms in total. The number of anilines is 1. The lowest BCUT2D eigenvalue weighted by Gasteiger charge is -2.10. The van der Waals surface area contributed by atoms with Gasteiger partial charge in [0.25, 0.3) is 0 Å². The Morgan fingerprint density at radius 2 is 2.11 bits per heavy atom. The number of halogens is 2. The van der Waals surface area contributed by atoms with Gasteiger partial charge in [-0.15, -0.1) is 0 Å². The zero-order valence-electron chi connectivity index (χ0n) is 9.70. The molecule has 0 radical (unpaired) electrons. The van der Waals surface area contributed by atoms with Gasteiger partial charge in [0, 0.05) is 14.8 Å². The van der Waals surface area contributed by atoms with Crippen molar-refractivity contribution in [3.8, 4) is 12.1 Å². The van der Waals surface area contributed by atoms with Gasteiger partial charge in [0.1, 0.15) is 17.7 Å². The van der Waals surface area contributed by atoms with Crippen LogP contribution in [0.1, 0.15) is 10.4 Å². The van der Waals surface area contributed by atoms with Gasteiger partial charge in [-0.2, -0.15) is 10.5 Å². The molecule has 1 aromatic rings. The number of ether oxygens (including phenoxy) is 1. The quantitative estimate of drug-likeness (QED) is 0.489. The highest BCUT2D eigenvalue weighted by Crippen LogP contribution is 2.28. The predicted molar refractivity (Wildman–Crippen MR) is 78.4 cm³/mol. The largest absolute Gasteiger partial charge is 0.465 e. The zero-order valence-corrected chi connectivity index (χ0v) is 12.6. The molecule has 0 unspecified atom stereocenters. The number of benzene rings is 1. The van der Waals surface area contributed by atoms with Crippen LogP contribution < -0.4 is 5.32 Å². The lowest BCUT2D eigenvalue weighted by atomic mass is 10.2. The number of nitrogens with one attached hydrogen (secondary N) is 1. The van der Waals surface area contributed by atoms with Crippen LogP contribution in [0.3, 0.4) is 0 Å². The van der Waals surface area contributed by atoms with E-state index in [4.69, 9.17) is 22.1 Å². The number of carbonyl (C=O) groups excluding carboxylic acids is 1. The number of hydrogen-bond acceptors (Lipinski definition) is 5. The molecule has 0 aliphatic rings. The molecule has 0 saturated carbocycles. The zero-order chi connectivity index (χ0) is 14.4. The number of hydrogen-bond donors (Lipinski definition) is 1. The Kier molecular flexibility index (Phi) is 5.61.